The number of amides is 1. The Labute approximate surface area is 250 Å². The lowest BCUT2D eigenvalue weighted by Crippen LogP contribution is -2.58. The molecular formula is C28H32ClF4N7O3. The van der Waals surface area contributed by atoms with Crippen molar-refractivity contribution < 1.29 is 27.1 Å². The zero-order valence-electron chi connectivity index (χ0n) is 23.8. The van der Waals surface area contributed by atoms with Crippen LogP contribution in [0.1, 0.15) is 13.3 Å². The Balaban J connectivity index is 1.34. The molecule has 5 rings (SSSR count). The number of ether oxygens (including phenoxy) is 1. The lowest BCUT2D eigenvalue weighted by atomic mass is 9.83. The predicted octanol–water partition coefficient (Wildman–Crippen LogP) is 3.90. The summed E-state index contributed by atoms with van der Waals surface area (Å²) in [5.74, 6) is -7.71. The number of likely N-dealkylation sites (tertiary alicyclic amines) is 1. The van der Waals surface area contributed by atoms with Crippen LogP contribution in [-0.4, -0.2) is 83.6 Å². The van der Waals surface area contributed by atoms with Crippen LogP contribution >= 0.6 is 11.6 Å². The molecule has 0 aliphatic carbocycles. The van der Waals surface area contributed by atoms with Gasteiger partial charge >= 0.3 is 0 Å². The first-order chi connectivity index (χ1) is 20.3. The highest BCUT2D eigenvalue weighted by atomic mass is 35.5. The number of piperidine rings is 1. The number of aryl methyl sites for hydroxylation is 1. The quantitative estimate of drug-likeness (QED) is 0.345. The van der Waals surface area contributed by atoms with E-state index < -0.39 is 42.3 Å². The van der Waals surface area contributed by atoms with Crippen molar-refractivity contribution in [3.63, 3.8) is 0 Å². The monoisotopic (exact) mass is 625 g/mol. The van der Waals surface area contributed by atoms with Crippen molar-refractivity contribution in [2.45, 2.75) is 25.2 Å². The van der Waals surface area contributed by atoms with Gasteiger partial charge in [0.15, 0.2) is 18.2 Å². The van der Waals surface area contributed by atoms with Crippen molar-refractivity contribution in [2.24, 2.45) is 18.9 Å². The van der Waals surface area contributed by atoms with Gasteiger partial charge in [0, 0.05) is 50.1 Å². The van der Waals surface area contributed by atoms with Crippen LogP contribution in [0.4, 0.5) is 35.0 Å². The summed E-state index contributed by atoms with van der Waals surface area (Å²) in [7, 11) is 3.05. The predicted molar refractivity (Wildman–Crippen MR) is 155 cm³/mol. The summed E-state index contributed by atoms with van der Waals surface area (Å²) in [5.41, 5.74) is 0.786. The van der Waals surface area contributed by atoms with Gasteiger partial charge in [0.05, 0.1) is 24.8 Å². The molecule has 3 aromatic rings. The molecule has 0 spiro atoms. The van der Waals surface area contributed by atoms with Crippen LogP contribution in [-0.2, 0) is 11.8 Å². The summed E-state index contributed by atoms with van der Waals surface area (Å²) in [5, 5.41) is 6.40. The Bertz CT molecular complexity index is 1580. The van der Waals surface area contributed by atoms with Crippen LogP contribution in [0.3, 0.4) is 0 Å². The van der Waals surface area contributed by atoms with Gasteiger partial charge in [-0.15, -0.1) is 0 Å². The van der Waals surface area contributed by atoms with Gasteiger partial charge in [0.25, 0.3) is 23.3 Å². The average Bonchev–Trinajstić information content (AvgIpc) is 2.94. The van der Waals surface area contributed by atoms with E-state index in [4.69, 9.17) is 16.3 Å². The lowest BCUT2D eigenvalue weighted by Gasteiger charge is -2.44. The molecule has 0 saturated carbocycles. The molecule has 1 aromatic carbocycles. The summed E-state index contributed by atoms with van der Waals surface area (Å²) < 4.78 is 63.5. The second-order valence-corrected chi connectivity index (χ2v) is 11.5. The number of alkyl halides is 4. The number of benzene rings is 1. The number of anilines is 3. The highest BCUT2D eigenvalue weighted by molar-refractivity contribution is 6.32. The second-order valence-electron chi connectivity index (χ2n) is 11.1. The van der Waals surface area contributed by atoms with Crippen LogP contribution in [0.2, 0.25) is 5.02 Å². The van der Waals surface area contributed by atoms with Gasteiger partial charge in [-0.1, -0.05) is 18.5 Å². The summed E-state index contributed by atoms with van der Waals surface area (Å²) in [6.45, 7) is 0.466. The molecule has 2 fully saturated rings. The SMILES string of the molecule is CNC(=O)COc1cc2cc(Nc3nc(N4C[C@H](CCN5CC(F)(F)C5)C(F)(F)[C@H](C)C4)ncc3Cl)ccc2n(C)c1=O. The van der Waals surface area contributed by atoms with Crippen molar-refractivity contribution >= 4 is 45.9 Å². The number of carbonyl (C=O) groups excluding carboxylic acids is 1. The fraction of sp³-hybridized carbons (Fsp3) is 0.500. The average molecular weight is 626 g/mol. The first kappa shape index (κ1) is 30.8. The number of rotatable bonds is 9. The number of hydrogen-bond acceptors (Lipinski definition) is 8. The van der Waals surface area contributed by atoms with Crippen LogP contribution in [0.5, 0.6) is 5.75 Å². The maximum Gasteiger partial charge on any atom is 0.293 e. The van der Waals surface area contributed by atoms with Gasteiger partial charge in [-0.3, -0.25) is 14.5 Å². The number of carbonyl (C=O) groups is 1. The summed E-state index contributed by atoms with van der Waals surface area (Å²) in [4.78, 5) is 36.2. The molecule has 2 aliphatic heterocycles. The number of hydrogen-bond donors (Lipinski definition) is 2. The number of halogens is 5. The first-order valence-corrected chi connectivity index (χ1v) is 14.1. The number of nitrogens with one attached hydrogen (secondary N) is 2. The maximum atomic E-state index is 15.1. The standard InChI is InChI=1S/C28H32ClF4N7O3/c1-16-11-40(12-18(28(16,32)33)6-7-39-14-27(30,31)15-39)26-35-10-20(29)24(37-26)36-19-4-5-21-17(8-19)9-22(25(42)38(21)3)43-13-23(41)34-2/h4-5,8-10,16,18H,6-7,11-15H2,1-3H3,(H,34,41)(H,35,36,37)/t16-,18+/m1/s1. The maximum absolute atomic E-state index is 15.1. The van der Waals surface area contributed by atoms with E-state index in [0.29, 0.717) is 16.6 Å². The first-order valence-electron chi connectivity index (χ1n) is 13.8. The van der Waals surface area contributed by atoms with Crippen LogP contribution < -0.4 is 25.8 Å². The fourth-order valence-electron chi connectivity index (χ4n) is 5.45. The van der Waals surface area contributed by atoms with Gasteiger partial charge in [-0.2, -0.15) is 4.98 Å². The van der Waals surface area contributed by atoms with Crippen LogP contribution in [0, 0.1) is 11.8 Å². The minimum absolute atomic E-state index is 0.00602. The molecule has 2 aromatic heterocycles. The zero-order chi connectivity index (χ0) is 31.1. The molecule has 4 heterocycles. The van der Waals surface area contributed by atoms with E-state index in [0.717, 1.165) is 0 Å². The van der Waals surface area contributed by atoms with E-state index in [9.17, 15) is 18.4 Å². The smallest absolute Gasteiger partial charge is 0.293 e. The molecule has 15 heteroatoms. The van der Waals surface area contributed by atoms with Crippen molar-refractivity contribution in [3.8, 4) is 5.75 Å². The third-order valence-electron chi connectivity index (χ3n) is 7.95. The Morgan fingerprint density at radius 2 is 1.93 bits per heavy atom. The topological polar surface area (TPSA) is 105 Å². The highest BCUT2D eigenvalue weighted by Crippen LogP contribution is 2.41. The van der Waals surface area contributed by atoms with Gasteiger partial charge in [-0.05, 0) is 37.2 Å². The van der Waals surface area contributed by atoms with Crippen molar-refractivity contribution in [3.05, 3.63) is 45.8 Å². The second kappa shape index (κ2) is 11.8. The minimum Gasteiger partial charge on any atom is -0.478 e. The Kier molecular flexibility index (Phi) is 8.45. The molecule has 0 unspecified atom stereocenters. The van der Waals surface area contributed by atoms with E-state index in [-0.39, 0.29) is 61.1 Å². The number of likely N-dealkylation sites (N-methyl/N-ethyl adjacent to an activating group) is 1. The Morgan fingerprint density at radius 1 is 1.19 bits per heavy atom. The minimum atomic E-state index is -2.97. The third-order valence-corrected chi connectivity index (χ3v) is 8.22. The number of aromatic nitrogens is 3. The third kappa shape index (κ3) is 6.49. The van der Waals surface area contributed by atoms with E-state index in [1.54, 1.807) is 30.1 Å². The number of nitrogens with zero attached hydrogens (tertiary/aromatic N) is 5. The van der Waals surface area contributed by atoms with Crippen molar-refractivity contribution in [1.29, 1.82) is 0 Å². The van der Waals surface area contributed by atoms with E-state index in [1.807, 2.05) is 0 Å². The van der Waals surface area contributed by atoms with Crippen molar-refractivity contribution in [1.82, 2.24) is 24.8 Å². The molecule has 43 heavy (non-hydrogen) atoms. The summed E-state index contributed by atoms with van der Waals surface area (Å²) in [6, 6.07) is 6.74. The van der Waals surface area contributed by atoms with E-state index in [2.05, 4.69) is 20.6 Å². The Morgan fingerprint density at radius 3 is 2.63 bits per heavy atom. The van der Waals surface area contributed by atoms with Crippen LogP contribution in [0.15, 0.2) is 35.3 Å². The molecule has 0 radical (unpaired) electrons. The number of fused-ring (bicyclic) bond motifs is 1. The molecule has 2 atom stereocenters. The van der Waals surface area contributed by atoms with Gasteiger partial charge in [0.2, 0.25) is 5.95 Å². The summed E-state index contributed by atoms with van der Waals surface area (Å²) in [6.07, 6.45) is 1.45. The van der Waals surface area contributed by atoms with Gasteiger partial charge in [-0.25, -0.2) is 22.5 Å². The van der Waals surface area contributed by atoms with E-state index >= 15 is 8.78 Å². The summed E-state index contributed by atoms with van der Waals surface area (Å²) >= 11 is 6.40. The molecule has 2 saturated heterocycles. The molecular weight excluding hydrogens is 594 g/mol. The normalized spacial score (nSPS) is 21.3. The highest BCUT2D eigenvalue weighted by Gasteiger charge is 2.51. The molecule has 2 N–H and O–H groups in total. The molecule has 1 amide bonds. The molecule has 10 nitrogen and oxygen atoms in total. The largest absolute Gasteiger partial charge is 0.478 e. The Hall–Kier alpha value is -3.65. The number of pyridine rings is 1. The van der Waals surface area contributed by atoms with Gasteiger partial charge < -0.3 is 24.8 Å². The molecule has 2 aliphatic rings. The molecule has 232 valence electrons. The zero-order valence-corrected chi connectivity index (χ0v) is 24.6. The fourth-order valence-corrected chi connectivity index (χ4v) is 5.59. The van der Waals surface area contributed by atoms with Gasteiger partial charge in [0.1, 0.15) is 5.02 Å². The lowest BCUT2D eigenvalue weighted by molar-refractivity contribution is -0.143. The van der Waals surface area contributed by atoms with Crippen molar-refractivity contribution in [2.75, 3.05) is 56.6 Å². The van der Waals surface area contributed by atoms with E-state index in [1.165, 1.54) is 35.7 Å². The van der Waals surface area contributed by atoms with Crippen LogP contribution in [0.25, 0.3) is 10.9 Å². The molecule has 0 bridgehead atoms.